The quantitative estimate of drug-likeness (QED) is 0.801. The van der Waals surface area contributed by atoms with Crippen molar-refractivity contribution in [2.75, 3.05) is 0 Å². The van der Waals surface area contributed by atoms with Gasteiger partial charge in [0.2, 0.25) is 0 Å². The molecule has 0 aliphatic carbocycles. The number of aryl methyl sites for hydroxylation is 1. The highest BCUT2D eigenvalue weighted by Crippen LogP contribution is 2.23. The molecule has 1 aromatic heterocycles. The number of halogens is 1. The summed E-state index contributed by atoms with van der Waals surface area (Å²) in [4.78, 5) is 15.6. The lowest BCUT2D eigenvalue weighted by Crippen LogP contribution is -2.01. The summed E-state index contributed by atoms with van der Waals surface area (Å²) in [6.07, 6.45) is 0.660. The number of nitrogens with zero attached hydrogens (tertiary/aromatic N) is 2. The highest BCUT2D eigenvalue weighted by Gasteiger charge is 2.14. The van der Waals surface area contributed by atoms with Crippen LogP contribution in [0.25, 0.3) is 16.7 Å². The predicted molar refractivity (Wildman–Crippen MR) is 77.4 cm³/mol. The van der Waals surface area contributed by atoms with Crippen molar-refractivity contribution in [2.45, 2.75) is 13.3 Å². The molecule has 0 unspecified atom stereocenters. The Balaban J connectivity index is 2.32. The SMILES string of the molecule is CCc1nc2ccc(C(=O)O)cc2n1-c1cccc(F)c1. The zero-order valence-electron chi connectivity index (χ0n) is 11.4. The first-order valence-electron chi connectivity index (χ1n) is 6.60. The monoisotopic (exact) mass is 284 g/mol. The largest absolute Gasteiger partial charge is 0.478 e. The Morgan fingerprint density at radius 1 is 1.29 bits per heavy atom. The van der Waals surface area contributed by atoms with Crippen LogP contribution in [0, 0.1) is 5.82 Å². The zero-order valence-corrected chi connectivity index (χ0v) is 11.4. The van der Waals surface area contributed by atoms with E-state index in [9.17, 15) is 9.18 Å². The molecule has 0 aliphatic rings. The molecule has 21 heavy (non-hydrogen) atoms. The van der Waals surface area contributed by atoms with Gasteiger partial charge in [-0.1, -0.05) is 13.0 Å². The molecule has 106 valence electrons. The Morgan fingerprint density at radius 2 is 2.10 bits per heavy atom. The van der Waals surface area contributed by atoms with E-state index in [1.807, 2.05) is 6.92 Å². The van der Waals surface area contributed by atoms with E-state index < -0.39 is 5.97 Å². The van der Waals surface area contributed by atoms with Gasteiger partial charge < -0.3 is 5.11 Å². The van der Waals surface area contributed by atoms with E-state index in [-0.39, 0.29) is 11.4 Å². The first kappa shape index (κ1) is 13.3. The van der Waals surface area contributed by atoms with Crippen LogP contribution in [0.15, 0.2) is 42.5 Å². The molecule has 0 amide bonds. The predicted octanol–water partition coefficient (Wildman–Crippen LogP) is 3.43. The summed E-state index contributed by atoms with van der Waals surface area (Å²) in [7, 11) is 0. The number of hydrogen-bond acceptors (Lipinski definition) is 2. The van der Waals surface area contributed by atoms with Crippen molar-refractivity contribution < 1.29 is 14.3 Å². The number of carboxylic acids is 1. The summed E-state index contributed by atoms with van der Waals surface area (Å²) < 4.78 is 15.3. The van der Waals surface area contributed by atoms with E-state index in [1.54, 1.807) is 28.8 Å². The third-order valence-corrected chi connectivity index (χ3v) is 3.35. The van der Waals surface area contributed by atoms with Gasteiger partial charge in [0.05, 0.1) is 22.3 Å². The summed E-state index contributed by atoms with van der Waals surface area (Å²) in [6.45, 7) is 1.95. The normalized spacial score (nSPS) is 11.0. The van der Waals surface area contributed by atoms with Gasteiger partial charge in [0.25, 0.3) is 0 Å². The number of carboxylic acid groups (broad SMARTS) is 1. The third-order valence-electron chi connectivity index (χ3n) is 3.35. The van der Waals surface area contributed by atoms with E-state index in [0.29, 0.717) is 23.1 Å². The van der Waals surface area contributed by atoms with Gasteiger partial charge in [-0.15, -0.1) is 0 Å². The maximum Gasteiger partial charge on any atom is 0.335 e. The van der Waals surface area contributed by atoms with Gasteiger partial charge in [-0.05, 0) is 36.4 Å². The lowest BCUT2D eigenvalue weighted by molar-refractivity contribution is 0.0697. The van der Waals surface area contributed by atoms with Crippen LogP contribution in [0.5, 0.6) is 0 Å². The molecule has 0 aliphatic heterocycles. The van der Waals surface area contributed by atoms with Crippen LogP contribution >= 0.6 is 0 Å². The maximum atomic E-state index is 13.5. The summed E-state index contributed by atoms with van der Waals surface area (Å²) in [5, 5.41) is 9.12. The highest BCUT2D eigenvalue weighted by molar-refractivity contribution is 5.93. The van der Waals surface area contributed by atoms with Gasteiger partial charge in [-0.3, -0.25) is 4.57 Å². The number of imidazole rings is 1. The van der Waals surface area contributed by atoms with Crippen LogP contribution in [0.3, 0.4) is 0 Å². The molecule has 0 saturated carbocycles. The van der Waals surface area contributed by atoms with Crippen LogP contribution in [-0.4, -0.2) is 20.6 Å². The van der Waals surface area contributed by atoms with E-state index in [0.717, 1.165) is 5.82 Å². The van der Waals surface area contributed by atoms with Crippen molar-refractivity contribution in [1.82, 2.24) is 9.55 Å². The molecule has 0 saturated heterocycles. The highest BCUT2D eigenvalue weighted by atomic mass is 19.1. The number of carbonyl (C=O) groups is 1. The van der Waals surface area contributed by atoms with Crippen LogP contribution in [0.1, 0.15) is 23.1 Å². The van der Waals surface area contributed by atoms with E-state index in [1.165, 1.54) is 18.2 Å². The van der Waals surface area contributed by atoms with Crippen molar-refractivity contribution >= 4 is 17.0 Å². The lowest BCUT2D eigenvalue weighted by Gasteiger charge is -2.08. The number of rotatable bonds is 3. The Hall–Kier alpha value is -2.69. The fraction of sp³-hybridized carbons (Fsp3) is 0.125. The topological polar surface area (TPSA) is 55.1 Å². The number of hydrogen-bond donors (Lipinski definition) is 1. The van der Waals surface area contributed by atoms with Crippen molar-refractivity contribution in [2.24, 2.45) is 0 Å². The molecule has 5 heteroatoms. The molecule has 2 aromatic carbocycles. The average Bonchev–Trinajstić information content (AvgIpc) is 2.84. The minimum Gasteiger partial charge on any atom is -0.478 e. The Bertz CT molecular complexity index is 839. The first-order valence-corrected chi connectivity index (χ1v) is 6.60. The van der Waals surface area contributed by atoms with Crippen LogP contribution in [0.4, 0.5) is 4.39 Å². The summed E-state index contributed by atoms with van der Waals surface area (Å²) >= 11 is 0. The summed E-state index contributed by atoms with van der Waals surface area (Å²) in [5.74, 6) is -0.578. The number of benzene rings is 2. The van der Waals surface area contributed by atoms with Crippen molar-refractivity contribution in [1.29, 1.82) is 0 Å². The van der Waals surface area contributed by atoms with Gasteiger partial charge in [0.15, 0.2) is 0 Å². The first-order chi connectivity index (χ1) is 10.1. The number of aromatic carboxylic acids is 1. The molecule has 0 fully saturated rings. The fourth-order valence-corrected chi connectivity index (χ4v) is 2.40. The van der Waals surface area contributed by atoms with Gasteiger partial charge in [0, 0.05) is 6.42 Å². The molecular weight excluding hydrogens is 271 g/mol. The zero-order chi connectivity index (χ0) is 15.0. The minimum absolute atomic E-state index is 0.183. The third kappa shape index (κ3) is 2.27. The standard InChI is InChI=1S/C16H13FN2O2/c1-2-15-18-13-7-6-10(16(20)21)8-14(13)19(15)12-5-3-4-11(17)9-12/h3-9H,2H2,1H3,(H,20,21). The summed E-state index contributed by atoms with van der Waals surface area (Å²) in [6, 6.07) is 10.9. The van der Waals surface area contributed by atoms with Gasteiger partial charge in [0.1, 0.15) is 11.6 Å². The van der Waals surface area contributed by atoms with Crippen molar-refractivity contribution in [3.63, 3.8) is 0 Å². The second-order valence-corrected chi connectivity index (χ2v) is 4.71. The van der Waals surface area contributed by atoms with E-state index in [2.05, 4.69) is 4.98 Å². The van der Waals surface area contributed by atoms with Crippen LogP contribution < -0.4 is 0 Å². The lowest BCUT2D eigenvalue weighted by atomic mass is 10.2. The summed E-state index contributed by atoms with van der Waals surface area (Å²) in [5.41, 5.74) is 2.18. The Morgan fingerprint density at radius 3 is 2.76 bits per heavy atom. The van der Waals surface area contributed by atoms with Crippen molar-refractivity contribution in [3.8, 4) is 5.69 Å². The average molecular weight is 284 g/mol. The molecule has 3 rings (SSSR count). The van der Waals surface area contributed by atoms with Gasteiger partial charge >= 0.3 is 5.97 Å². The van der Waals surface area contributed by atoms with Gasteiger partial charge in [-0.2, -0.15) is 0 Å². The van der Waals surface area contributed by atoms with Crippen LogP contribution in [0.2, 0.25) is 0 Å². The van der Waals surface area contributed by atoms with Crippen LogP contribution in [-0.2, 0) is 6.42 Å². The molecule has 0 radical (unpaired) electrons. The molecular formula is C16H13FN2O2. The molecule has 0 bridgehead atoms. The molecule has 3 aromatic rings. The van der Waals surface area contributed by atoms with E-state index >= 15 is 0 Å². The smallest absolute Gasteiger partial charge is 0.335 e. The number of fused-ring (bicyclic) bond motifs is 1. The molecule has 0 spiro atoms. The minimum atomic E-state index is -0.998. The Kier molecular flexibility index (Phi) is 3.17. The number of aromatic nitrogens is 2. The van der Waals surface area contributed by atoms with Gasteiger partial charge in [-0.25, -0.2) is 14.2 Å². The molecule has 1 heterocycles. The Labute approximate surface area is 120 Å². The molecule has 4 nitrogen and oxygen atoms in total. The van der Waals surface area contributed by atoms with E-state index in [4.69, 9.17) is 5.11 Å². The second-order valence-electron chi connectivity index (χ2n) is 4.71. The second kappa shape index (κ2) is 5.01. The fourth-order valence-electron chi connectivity index (χ4n) is 2.40. The molecule has 1 N–H and O–H groups in total. The van der Waals surface area contributed by atoms with Crippen molar-refractivity contribution in [3.05, 3.63) is 59.7 Å². The molecule has 0 atom stereocenters. The maximum absolute atomic E-state index is 13.5.